The summed E-state index contributed by atoms with van der Waals surface area (Å²) in [6.45, 7) is 9.06. The van der Waals surface area contributed by atoms with E-state index in [4.69, 9.17) is 10.5 Å². The largest absolute Gasteiger partial charge is 0.381 e. The maximum Gasteiger partial charge on any atom is 0.237 e. The van der Waals surface area contributed by atoms with Gasteiger partial charge in [-0.15, -0.1) is 0 Å². The molecule has 1 amide bonds. The highest BCUT2D eigenvalue weighted by atomic mass is 16.5. The van der Waals surface area contributed by atoms with Crippen LogP contribution in [0.25, 0.3) is 0 Å². The quantitative estimate of drug-likeness (QED) is 0.713. The molecule has 0 saturated carbocycles. The van der Waals surface area contributed by atoms with Gasteiger partial charge in [0.25, 0.3) is 0 Å². The molecule has 2 rings (SSSR count). The number of amides is 1. The summed E-state index contributed by atoms with van der Waals surface area (Å²) in [6.07, 6.45) is 6.70. The number of carbonyl (C=O) groups is 1. The number of carbonyl (C=O) groups excluding carboxylic acids is 1. The first kappa shape index (κ1) is 18.7. The second-order valence-corrected chi connectivity index (χ2v) is 7.11. The number of hydrogen-bond donors (Lipinski definition) is 2. The zero-order chi connectivity index (χ0) is 16.7. The molecule has 0 spiro atoms. The Hall–Kier alpha value is -0.650. The summed E-state index contributed by atoms with van der Waals surface area (Å²) in [5.41, 5.74) is 6.19. The third kappa shape index (κ3) is 5.16. The molecule has 2 aliphatic heterocycles. The van der Waals surface area contributed by atoms with Crippen molar-refractivity contribution < 1.29 is 9.53 Å². The summed E-state index contributed by atoms with van der Waals surface area (Å²) in [6, 6.07) is 0.0678. The molecule has 2 atom stereocenters. The minimum Gasteiger partial charge on any atom is -0.381 e. The van der Waals surface area contributed by atoms with E-state index in [1.165, 1.54) is 38.8 Å². The fraction of sp³-hybridized carbons (Fsp3) is 0.944. The molecule has 0 bridgehead atoms. The Morgan fingerprint density at radius 2 is 1.83 bits per heavy atom. The van der Waals surface area contributed by atoms with Crippen molar-refractivity contribution >= 4 is 5.91 Å². The first-order chi connectivity index (χ1) is 11.2. The van der Waals surface area contributed by atoms with Crippen LogP contribution in [0.3, 0.4) is 0 Å². The summed E-state index contributed by atoms with van der Waals surface area (Å²) < 4.78 is 5.36. The SMILES string of the molecule is CCC(CC)C(CNC(=O)C(N)C1CCOCC1)N1CCCC1. The van der Waals surface area contributed by atoms with Crippen LogP contribution in [-0.4, -0.2) is 55.7 Å². The highest BCUT2D eigenvalue weighted by molar-refractivity contribution is 5.81. The van der Waals surface area contributed by atoms with Gasteiger partial charge in [0.15, 0.2) is 0 Å². The molecule has 0 aromatic heterocycles. The van der Waals surface area contributed by atoms with Gasteiger partial charge in [0, 0.05) is 25.8 Å². The van der Waals surface area contributed by atoms with Crippen LogP contribution < -0.4 is 11.1 Å². The third-order valence-corrected chi connectivity index (χ3v) is 5.76. The molecule has 2 saturated heterocycles. The van der Waals surface area contributed by atoms with Crippen LogP contribution in [0.1, 0.15) is 52.4 Å². The molecule has 0 radical (unpaired) electrons. The Kier molecular flexibility index (Phi) is 7.80. The molecule has 0 aromatic rings. The van der Waals surface area contributed by atoms with Crippen molar-refractivity contribution in [2.45, 2.75) is 64.5 Å². The maximum atomic E-state index is 12.5. The Balaban J connectivity index is 1.87. The summed E-state index contributed by atoms with van der Waals surface area (Å²) in [5, 5.41) is 3.16. The minimum atomic E-state index is -0.389. The Morgan fingerprint density at radius 3 is 2.39 bits per heavy atom. The molecule has 2 aliphatic rings. The normalized spacial score (nSPS) is 23.1. The van der Waals surface area contributed by atoms with Crippen LogP contribution in [-0.2, 0) is 9.53 Å². The van der Waals surface area contributed by atoms with Gasteiger partial charge in [-0.1, -0.05) is 26.7 Å². The standard InChI is InChI=1S/C18H35N3O2/c1-3-14(4-2)16(21-9-5-6-10-21)13-20-18(22)17(19)15-7-11-23-12-8-15/h14-17H,3-13,19H2,1-2H3,(H,20,22). The number of hydrogen-bond acceptors (Lipinski definition) is 4. The zero-order valence-electron chi connectivity index (χ0n) is 14.9. The van der Waals surface area contributed by atoms with Crippen molar-refractivity contribution in [1.29, 1.82) is 0 Å². The van der Waals surface area contributed by atoms with Gasteiger partial charge >= 0.3 is 0 Å². The molecular weight excluding hydrogens is 290 g/mol. The van der Waals surface area contributed by atoms with Gasteiger partial charge in [-0.05, 0) is 50.6 Å². The monoisotopic (exact) mass is 325 g/mol. The van der Waals surface area contributed by atoms with E-state index in [-0.39, 0.29) is 17.9 Å². The second-order valence-electron chi connectivity index (χ2n) is 7.11. The highest BCUT2D eigenvalue weighted by Gasteiger charge is 2.30. The molecule has 23 heavy (non-hydrogen) atoms. The van der Waals surface area contributed by atoms with Crippen molar-refractivity contribution in [3.63, 3.8) is 0 Å². The van der Waals surface area contributed by atoms with Crippen molar-refractivity contribution in [2.24, 2.45) is 17.6 Å². The van der Waals surface area contributed by atoms with Crippen molar-refractivity contribution in [3.05, 3.63) is 0 Å². The van der Waals surface area contributed by atoms with E-state index in [2.05, 4.69) is 24.1 Å². The summed E-state index contributed by atoms with van der Waals surface area (Å²) in [5.74, 6) is 0.932. The maximum absolute atomic E-state index is 12.5. The van der Waals surface area contributed by atoms with E-state index in [0.717, 1.165) is 32.6 Å². The first-order valence-electron chi connectivity index (χ1n) is 9.52. The van der Waals surface area contributed by atoms with Crippen molar-refractivity contribution in [2.75, 3.05) is 32.8 Å². The fourth-order valence-corrected chi connectivity index (χ4v) is 4.11. The van der Waals surface area contributed by atoms with Gasteiger partial charge in [-0.3, -0.25) is 9.69 Å². The van der Waals surface area contributed by atoms with Gasteiger partial charge in [0.2, 0.25) is 5.91 Å². The third-order valence-electron chi connectivity index (χ3n) is 5.76. The van der Waals surface area contributed by atoms with E-state index in [1.54, 1.807) is 0 Å². The predicted molar refractivity (Wildman–Crippen MR) is 93.2 cm³/mol. The van der Waals surface area contributed by atoms with Crippen molar-refractivity contribution in [1.82, 2.24) is 10.2 Å². The number of ether oxygens (including phenoxy) is 1. The summed E-state index contributed by atoms with van der Waals surface area (Å²) in [4.78, 5) is 15.0. The lowest BCUT2D eigenvalue weighted by molar-refractivity contribution is -0.124. The van der Waals surface area contributed by atoms with E-state index in [1.807, 2.05) is 0 Å². The molecule has 0 aliphatic carbocycles. The smallest absolute Gasteiger partial charge is 0.237 e. The molecule has 5 heteroatoms. The van der Waals surface area contributed by atoms with Gasteiger partial charge in [-0.2, -0.15) is 0 Å². The van der Waals surface area contributed by atoms with Gasteiger partial charge in [-0.25, -0.2) is 0 Å². The van der Waals surface area contributed by atoms with E-state index in [9.17, 15) is 4.79 Å². The molecule has 2 heterocycles. The Morgan fingerprint density at radius 1 is 1.22 bits per heavy atom. The van der Waals surface area contributed by atoms with Gasteiger partial charge < -0.3 is 15.8 Å². The van der Waals surface area contributed by atoms with Crippen LogP contribution in [0, 0.1) is 11.8 Å². The van der Waals surface area contributed by atoms with Crippen LogP contribution >= 0.6 is 0 Å². The van der Waals surface area contributed by atoms with E-state index < -0.39 is 0 Å². The van der Waals surface area contributed by atoms with Crippen LogP contribution in [0.4, 0.5) is 0 Å². The molecular formula is C18H35N3O2. The van der Waals surface area contributed by atoms with Crippen molar-refractivity contribution in [3.8, 4) is 0 Å². The molecule has 134 valence electrons. The lowest BCUT2D eigenvalue weighted by Gasteiger charge is -2.34. The van der Waals surface area contributed by atoms with Crippen LogP contribution in [0.2, 0.25) is 0 Å². The molecule has 3 N–H and O–H groups in total. The van der Waals surface area contributed by atoms with Gasteiger partial charge in [0.1, 0.15) is 0 Å². The number of nitrogens with zero attached hydrogens (tertiary/aromatic N) is 1. The predicted octanol–water partition coefficient (Wildman–Crippen LogP) is 1.76. The summed E-state index contributed by atoms with van der Waals surface area (Å²) in [7, 11) is 0. The molecule has 2 fully saturated rings. The molecule has 0 aromatic carbocycles. The fourth-order valence-electron chi connectivity index (χ4n) is 4.11. The first-order valence-corrected chi connectivity index (χ1v) is 9.52. The molecule has 2 unspecified atom stereocenters. The number of nitrogens with two attached hydrogens (primary N) is 1. The second kappa shape index (κ2) is 9.60. The van der Waals surface area contributed by atoms with Gasteiger partial charge in [0.05, 0.1) is 6.04 Å². The van der Waals surface area contributed by atoms with E-state index in [0.29, 0.717) is 12.0 Å². The minimum absolute atomic E-state index is 0.0204. The average molecular weight is 325 g/mol. The molecule has 5 nitrogen and oxygen atoms in total. The lowest BCUT2D eigenvalue weighted by Crippen LogP contribution is -2.52. The summed E-state index contributed by atoms with van der Waals surface area (Å²) >= 11 is 0. The Bertz CT molecular complexity index is 346. The number of rotatable bonds is 8. The van der Waals surface area contributed by atoms with E-state index >= 15 is 0 Å². The van der Waals surface area contributed by atoms with Crippen LogP contribution in [0.15, 0.2) is 0 Å². The number of nitrogens with one attached hydrogen (secondary N) is 1. The zero-order valence-corrected chi connectivity index (χ0v) is 14.9. The lowest BCUT2D eigenvalue weighted by atomic mass is 9.91. The highest BCUT2D eigenvalue weighted by Crippen LogP contribution is 2.23. The average Bonchev–Trinajstić information content (AvgIpc) is 3.12. The van der Waals surface area contributed by atoms with Crippen LogP contribution in [0.5, 0.6) is 0 Å². The number of likely N-dealkylation sites (tertiary alicyclic amines) is 1. The Labute approximate surface area is 141 Å². The topological polar surface area (TPSA) is 67.6 Å².